The second kappa shape index (κ2) is 9.78. The highest BCUT2D eigenvalue weighted by Gasteiger charge is 2.34. The SMILES string of the molecule is CC[C@@H](C)N(CC(=O)N1CCc2sccc2[C@H]1c1ccc(C)cc1)C(=O)CC(C)C. The third-order valence-electron chi connectivity index (χ3n) is 6.01. The average Bonchev–Trinajstić information content (AvgIpc) is 3.19. The number of amides is 2. The molecule has 2 atom stereocenters. The number of hydrogen-bond acceptors (Lipinski definition) is 3. The lowest BCUT2D eigenvalue weighted by Crippen LogP contribution is -2.49. The van der Waals surface area contributed by atoms with E-state index in [0.717, 1.165) is 18.4 Å². The van der Waals surface area contributed by atoms with Crippen LogP contribution in [0.4, 0.5) is 0 Å². The van der Waals surface area contributed by atoms with Crippen LogP contribution in [0.2, 0.25) is 0 Å². The number of carbonyl (C=O) groups excluding carboxylic acids is 2. The van der Waals surface area contributed by atoms with Gasteiger partial charge in [-0.2, -0.15) is 0 Å². The molecule has 0 unspecified atom stereocenters. The maximum absolute atomic E-state index is 13.5. The summed E-state index contributed by atoms with van der Waals surface area (Å²) >= 11 is 1.77. The van der Waals surface area contributed by atoms with Crippen LogP contribution in [0.3, 0.4) is 0 Å². The first-order valence-electron chi connectivity index (χ1n) is 11.0. The predicted octanol–water partition coefficient (Wildman–Crippen LogP) is 5.20. The van der Waals surface area contributed by atoms with Crippen molar-refractivity contribution >= 4 is 23.2 Å². The summed E-state index contributed by atoms with van der Waals surface area (Å²) in [5.41, 5.74) is 3.57. The van der Waals surface area contributed by atoms with Crippen LogP contribution in [0, 0.1) is 12.8 Å². The first-order valence-corrected chi connectivity index (χ1v) is 11.9. The Balaban J connectivity index is 1.88. The number of carbonyl (C=O) groups is 2. The molecule has 1 aromatic heterocycles. The van der Waals surface area contributed by atoms with E-state index in [1.807, 2.05) is 25.7 Å². The maximum atomic E-state index is 13.5. The van der Waals surface area contributed by atoms with Gasteiger partial charge in [-0.3, -0.25) is 9.59 Å². The molecule has 1 aliphatic rings. The van der Waals surface area contributed by atoms with Crippen LogP contribution < -0.4 is 0 Å². The van der Waals surface area contributed by atoms with Crippen molar-refractivity contribution in [2.45, 2.75) is 66.0 Å². The summed E-state index contributed by atoms with van der Waals surface area (Å²) in [4.78, 5) is 31.5. The van der Waals surface area contributed by atoms with E-state index >= 15 is 0 Å². The zero-order chi connectivity index (χ0) is 21.8. The van der Waals surface area contributed by atoms with E-state index in [1.165, 1.54) is 16.0 Å². The van der Waals surface area contributed by atoms with Gasteiger partial charge in [-0.1, -0.05) is 50.6 Å². The zero-order valence-electron chi connectivity index (χ0n) is 18.9. The molecule has 0 bridgehead atoms. The molecule has 0 N–H and O–H groups in total. The Kier molecular flexibility index (Phi) is 7.35. The quantitative estimate of drug-likeness (QED) is 0.610. The number of hydrogen-bond donors (Lipinski definition) is 0. The van der Waals surface area contributed by atoms with Crippen LogP contribution in [-0.4, -0.2) is 40.7 Å². The molecule has 0 fully saturated rings. The van der Waals surface area contributed by atoms with Gasteiger partial charge in [0, 0.05) is 23.9 Å². The Labute approximate surface area is 184 Å². The molecule has 1 aliphatic heterocycles. The van der Waals surface area contributed by atoms with Gasteiger partial charge in [0.05, 0.1) is 6.04 Å². The van der Waals surface area contributed by atoms with Gasteiger partial charge in [-0.25, -0.2) is 0 Å². The van der Waals surface area contributed by atoms with E-state index < -0.39 is 0 Å². The average molecular weight is 427 g/mol. The minimum absolute atomic E-state index is 0.0369. The summed E-state index contributed by atoms with van der Waals surface area (Å²) < 4.78 is 0. The molecule has 162 valence electrons. The largest absolute Gasteiger partial charge is 0.331 e. The summed E-state index contributed by atoms with van der Waals surface area (Å²) in [5.74, 6) is 0.394. The summed E-state index contributed by atoms with van der Waals surface area (Å²) in [5, 5.41) is 2.12. The Hall–Kier alpha value is -2.14. The smallest absolute Gasteiger partial charge is 0.243 e. The number of benzene rings is 1. The predicted molar refractivity (Wildman–Crippen MR) is 124 cm³/mol. The first-order chi connectivity index (χ1) is 14.3. The normalized spacial score (nSPS) is 17.0. The van der Waals surface area contributed by atoms with Crippen molar-refractivity contribution in [3.05, 3.63) is 57.3 Å². The molecule has 0 spiro atoms. The van der Waals surface area contributed by atoms with Crippen LogP contribution >= 0.6 is 11.3 Å². The standard InChI is InChI=1S/C25H34N2O2S/c1-6-19(5)27(23(28)15-17(2)3)16-24(29)26-13-11-22-21(12-14-30-22)25(26)20-9-7-18(4)8-10-20/h7-10,12,14,17,19,25H,6,11,13,15-16H2,1-5H3/t19-,25-/m1/s1. The molecule has 30 heavy (non-hydrogen) atoms. The summed E-state index contributed by atoms with van der Waals surface area (Å²) in [6.45, 7) is 11.1. The van der Waals surface area contributed by atoms with Crippen LogP contribution in [0.5, 0.6) is 0 Å². The van der Waals surface area contributed by atoms with Crippen molar-refractivity contribution in [3.8, 4) is 0 Å². The van der Waals surface area contributed by atoms with Gasteiger partial charge in [0.25, 0.3) is 0 Å². The molecule has 4 nitrogen and oxygen atoms in total. The fourth-order valence-electron chi connectivity index (χ4n) is 4.11. The second-order valence-corrected chi connectivity index (χ2v) is 9.83. The zero-order valence-corrected chi connectivity index (χ0v) is 19.7. The van der Waals surface area contributed by atoms with Crippen molar-refractivity contribution in [3.63, 3.8) is 0 Å². The Morgan fingerprint density at radius 1 is 1.17 bits per heavy atom. The van der Waals surface area contributed by atoms with Gasteiger partial charge in [-0.05, 0) is 55.2 Å². The fourth-order valence-corrected chi connectivity index (χ4v) is 5.01. The van der Waals surface area contributed by atoms with Gasteiger partial charge in [-0.15, -0.1) is 11.3 Å². The summed E-state index contributed by atoms with van der Waals surface area (Å²) in [6.07, 6.45) is 2.20. The van der Waals surface area contributed by atoms with Gasteiger partial charge < -0.3 is 9.80 Å². The lowest BCUT2D eigenvalue weighted by Gasteiger charge is -2.38. The number of rotatable bonds is 7. The Morgan fingerprint density at radius 2 is 1.87 bits per heavy atom. The van der Waals surface area contributed by atoms with Crippen molar-refractivity contribution in [1.29, 1.82) is 0 Å². The third-order valence-corrected chi connectivity index (χ3v) is 7.01. The lowest BCUT2D eigenvalue weighted by molar-refractivity contribution is -0.144. The van der Waals surface area contributed by atoms with E-state index in [4.69, 9.17) is 0 Å². The number of nitrogens with zero attached hydrogens (tertiary/aromatic N) is 2. The van der Waals surface area contributed by atoms with Crippen LogP contribution in [0.25, 0.3) is 0 Å². The topological polar surface area (TPSA) is 40.6 Å². The summed E-state index contributed by atoms with van der Waals surface area (Å²) in [6, 6.07) is 10.6. The molecule has 2 aromatic rings. The Bertz CT molecular complexity index is 872. The maximum Gasteiger partial charge on any atom is 0.243 e. The molecule has 5 heteroatoms. The van der Waals surface area contributed by atoms with E-state index in [1.54, 1.807) is 16.2 Å². The lowest BCUT2D eigenvalue weighted by atomic mass is 9.92. The van der Waals surface area contributed by atoms with Crippen molar-refractivity contribution in [1.82, 2.24) is 9.80 Å². The van der Waals surface area contributed by atoms with Gasteiger partial charge in [0.2, 0.25) is 11.8 Å². The fraction of sp³-hybridized carbons (Fsp3) is 0.520. The number of aryl methyl sites for hydroxylation is 1. The highest BCUT2D eigenvalue weighted by molar-refractivity contribution is 7.10. The van der Waals surface area contributed by atoms with E-state index in [2.05, 4.69) is 49.6 Å². The number of thiophene rings is 1. The van der Waals surface area contributed by atoms with Crippen molar-refractivity contribution in [2.24, 2.45) is 5.92 Å². The summed E-state index contributed by atoms with van der Waals surface area (Å²) in [7, 11) is 0. The molecule has 2 heterocycles. The minimum Gasteiger partial charge on any atom is -0.331 e. The van der Waals surface area contributed by atoms with E-state index in [9.17, 15) is 9.59 Å². The molecule has 1 aromatic carbocycles. The third kappa shape index (κ3) is 4.94. The molecule has 0 saturated heterocycles. The molecule has 0 saturated carbocycles. The first kappa shape index (κ1) is 22.5. The van der Waals surface area contributed by atoms with Crippen LogP contribution in [0.15, 0.2) is 35.7 Å². The van der Waals surface area contributed by atoms with E-state index in [-0.39, 0.29) is 36.4 Å². The highest BCUT2D eigenvalue weighted by atomic mass is 32.1. The molecule has 3 rings (SSSR count). The van der Waals surface area contributed by atoms with Crippen LogP contribution in [0.1, 0.15) is 68.1 Å². The van der Waals surface area contributed by atoms with Gasteiger partial charge in [0.1, 0.15) is 6.54 Å². The van der Waals surface area contributed by atoms with E-state index in [0.29, 0.717) is 13.0 Å². The number of fused-ring (bicyclic) bond motifs is 1. The van der Waals surface area contributed by atoms with Crippen LogP contribution in [-0.2, 0) is 16.0 Å². The second-order valence-electron chi connectivity index (χ2n) is 8.83. The molecular formula is C25H34N2O2S. The molecule has 2 amide bonds. The Morgan fingerprint density at radius 3 is 2.50 bits per heavy atom. The molecule has 0 aliphatic carbocycles. The van der Waals surface area contributed by atoms with Gasteiger partial charge in [0.15, 0.2) is 0 Å². The van der Waals surface area contributed by atoms with Crippen molar-refractivity contribution < 1.29 is 9.59 Å². The highest BCUT2D eigenvalue weighted by Crippen LogP contribution is 2.38. The van der Waals surface area contributed by atoms with Crippen molar-refractivity contribution in [2.75, 3.05) is 13.1 Å². The molecular weight excluding hydrogens is 392 g/mol. The minimum atomic E-state index is -0.0768. The molecule has 0 radical (unpaired) electrons. The monoisotopic (exact) mass is 426 g/mol. The van der Waals surface area contributed by atoms with Gasteiger partial charge >= 0.3 is 0 Å².